The van der Waals surface area contributed by atoms with Gasteiger partial charge in [-0.2, -0.15) is 0 Å². The average molecular weight is 659 g/mol. The summed E-state index contributed by atoms with van der Waals surface area (Å²) in [4.78, 5) is 27.3. The van der Waals surface area contributed by atoms with Crippen molar-refractivity contribution in [3.05, 3.63) is 0 Å². The lowest BCUT2D eigenvalue weighted by molar-refractivity contribution is -0.0924. The van der Waals surface area contributed by atoms with Crippen molar-refractivity contribution < 1.29 is 0 Å². The fourth-order valence-electron chi connectivity index (χ4n) is 13.2. The Balaban J connectivity index is 1.34. The Kier molecular flexibility index (Phi) is 11.0. The summed E-state index contributed by atoms with van der Waals surface area (Å²) in [6.45, 7) is 0. The van der Waals surface area contributed by atoms with E-state index in [1.807, 2.05) is 0 Å². The Morgan fingerprint density at radius 2 is 0.646 bits per heavy atom. The lowest BCUT2D eigenvalue weighted by Gasteiger charge is -2.68. The van der Waals surface area contributed by atoms with Crippen LogP contribution in [0.2, 0.25) is 0 Å². The average Bonchev–Trinajstić information content (AvgIpc) is 3.13. The van der Waals surface area contributed by atoms with Gasteiger partial charge in [-0.1, -0.05) is 77.0 Å². The summed E-state index contributed by atoms with van der Waals surface area (Å²) >= 11 is 0. The number of rotatable bonds is 6. The third-order valence-corrected chi connectivity index (χ3v) is 14.7. The van der Waals surface area contributed by atoms with E-state index in [1.165, 1.54) is 190 Å². The van der Waals surface area contributed by atoms with Gasteiger partial charge in [0.25, 0.3) is 0 Å². The largest absolute Gasteiger partial charge is 0.312 e. The molecule has 0 atom stereocenters. The normalized spacial score (nSPS) is 35.3. The Hall–Kier alpha value is -1.72. The molecule has 8 rings (SSSR count). The molecule has 268 valence electrons. The van der Waals surface area contributed by atoms with Crippen LogP contribution in [0.1, 0.15) is 167 Å². The molecular weight excluding hydrogens is 589 g/mol. The highest BCUT2D eigenvalue weighted by molar-refractivity contribution is 6.05. The third kappa shape index (κ3) is 6.58. The van der Waals surface area contributed by atoms with Crippen molar-refractivity contribution in [3.8, 4) is 0 Å². The second-order valence-electron chi connectivity index (χ2n) is 17.7. The van der Waals surface area contributed by atoms with Crippen LogP contribution in [0.15, 0.2) is 20.0 Å². The van der Waals surface area contributed by atoms with Crippen molar-refractivity contribution in [2.45, 2.75) is 178 Å². The van der Waals surface area contributed by atoms with E-state index in [1.54, 1.807) is 0 Å². The van der Waals surface area contributed by atoms with Crippen LogP contribution in [-0.4, -0.2) is 72.4 Å². The maximum Gasteiger partial charge on any atom is 0.107 e. The van der Waals surface area contributed by atoms with Crippen LogP contribution in [0, 0.1) is 35.5 Å². The van der Waals surface area contributed by atoms with E-state index in [0.717, 1.165) is 11.8 Å². The van der Waals surface area contributed by atoms with Crippen molar-refractivity contribution in [3.63, 3.8) is 0 Å². The molecule has 0 unspecified atom stereocenters. The van der Waals surface area contributed by atoms with Gasteiger partial charge in [0.1, 0.15) is 23.3 Å². The molecule has 0 aromatic carbocycles. The standard InChI is InChI=1S/C42H70N6/c1-43-37(33-17-9-5-10-18-33)47(38(44-2)34-19-11-6-12-20-34)41-26-31-25-32(27-41)29-42(28-31,30-41)48(39(45-3)35-21-13-7-14-22-35)40(46-4)36-23-15-8-16-24-36/h31-36H,5-30H2,1-4H3. The summed E-state index contributed by atoms with van der Waals surface area (Å²) in [6.07, 6.45) is 34.7. The van der Waals surface area contributed by atoms with E-state index >= 15 is 0 Å². The van der Waals surface area contributed by atoms with Crippen molar-refractivity contribution >= 4 is 23.3 Å². The minimum absolute atomic E-state index is 0.0950. The van der Waals surface area contributed by atoms with E-state index in [4.69, 9.17) is 20.0 Å². The molecule has 0 saturated heterocycles. The van der Waals surface area contributed by atoms with Gasteiger partial charge < -0.3 is 9.80 Å². The molecule has 0 aromatic heterocycles. The van der Waals surface area contributed by atoms with Gasteiger partial charge in [0.15, 0.2) is 0 Å². The fraction of sp³-hybridized carbons (Fsp3) is 0.905. The van der Waals surface area contributed by atoms with E-state index in [-0.39, 0.29) is 11.1 Å². The predicted molar refractivity (Wildman–Crippen MR) is 204 cm³/mol. The Labute approximate surface area is 294 Å². The molecule has 6 nitrogen and oxygen atoms in total. The maximum atomic E-state index is 5.35. The first-order chi connectivity index (χ1) is 23.5. The molecule has 0 heterocycles. The summed E-state index contributed by atoms with van der Waals surface area (Å²) in [5, 5.41) is 0. The van der Waals surface area contributed by atoms with E-state index in [2.05, 4.69) is 38.0 Å². The second-order valence-corrected chi connectivity index (χ2v) is 17.7. The van der Waals surface area contributed by atoms with Gasteiger partial charge in [-0.25, -0.2) is 0 Å². The van der Waals surface area contributed by atoms with Gasteiger partial charge in [0.2, 0.25) is 0 Å². The van der Waals surface area contributed by atoms with Gasteiger partial charge in [-0.05, 0) is 102 Å². The van der Waals surface area contributed by atoms with Crippen molar-refractivity contribution in [2.24, 2.45) is 55.5 Å². The van der Waals surface area contributed by atoms with Gasteiger partial charge >= 0.3 is 0 Å². The molecule has 0 N–H and O–H groups in total. The SMILES string of the molecule is CN=C(C1CCCCC1)N(C(=NC)C1CCCCC1)C12CC3CC(C1)CC(N(C(=NC)C1CCCCC1)C(=NC)C1CCCCC1)(C3)C2. The molecule has 6 heteroatoms. The van der Waals surface area contributed by atoms with Crippen LogP contribution in [0.5, 0.6) is 0 Å². The monoisotopic (exact) mass is 659 g/mol. The zero-order valence-electron chi connectivity index (χ0n) is 31.5. The topological polar surface area (TPSA) is 55.9 Å². The minimum atomic E-state index is 0.0950. The number of hydrogen-bond donors (Lipinski definition) is 0. The third-order valence-electron chi connectivity index (χ3n) is 14.7. The quantitative estimate of drug-likeness (QED) is 0.211. The summed E-state index contributed by atoms with van der Waals surface area (Å²) in [5.74, 6) is 9.50. The van der Waals surface area contributed by atoms with Crippen LogP contribution in [0.4, 0.5) is 0 Å². The van der Waals surface area contributed by atoms with Crippen molar-refractivity contribution in [1.82, 2.24) is 9.80 Å². The first-order valence-electron chi connectivity index (χ1n) is 21.0. The molecule has 8 saturated carbocycles. The van der Waals surface area contributed by atoms with Crippen LogP contribution in [0.25, 0.3) is 0 Å². The molecule has 8 aliphatic carbocycles. The Morgan fingerprint density at radius 1 is 0.396 bits per heavy atom. The molecule has 8 aliphatic rings. The molecule has 48 heavy (non-hydrogen) atoms. The van der Waals surface area contributed by atoms with Crippen LogP contribution in [0.3, 0.4) is 0 Å². The van der Waals surface area contributed by atoms with Crippen LogP contribution < -0.4 is 0 Å². The Morgan fingerprint density at radius 3 is 0.875 bits per heavy atom. The highest BCUT2D eigenvalue weighted by Gasteiger charge is 2.64. The van der Waals surface area contributed by atoms with Gasteiger partial charge in [-0.15, -0.1) is 0 Å². The molecular formula is C42H70N6. The van der Waals surface area contributed by atoms with Crippen LogP contribution in [-0.2, 0) is 0 Å². The molecule has 0 aliphatic heterocycles. The molecule has 8 fully saturated rings. The molecule has 0 amide bonds. The lowest BCUT2D eigenvalue weighted by atomic mass is 9.48. The summed E-state index contributed by atoms with van der Waals surface area (Å²) < 4.78 is 0. The molecule has 0 spiro atoms. The highest BCUT2D eigenvalue weighted by Crippen LogP contribution is 2.63. The maximum absolute atomic E-state index is 5.35. The zero-order chi connectivity index (χ0) is 33.1. The van der Waals surface area contributed by atoms with Gasteiger partial charge in [0.05, 0.1) is 11.1 Å². The second kappa shape index (κ2) is 15.3. The zero-order valence-corrected chi connectivity index (χ0v) is 31.5. The predicted octanol–water partition coefficient (Wildman–Crippen LogP) is 10.1. The highest BCUT2D eigenvalue weighted by atomic mass is 15.4. The smallest absolute Gasteiger partial charge is 0.107 e. The number of amidine groups is 4. The summed E-state index contributed by atoms with van der Waals surface area (Å²) in [7, 11) is 8.51. The first kappa shape index (κ1) is 34.7. The minimum Gasteiger partial charge on any atom is -0.312 e. The first-order valence-corrected chi connectivity index (χ1v) is 21.0. The van der Waals surface area contributed by atoms with E-state index < -0.39 is 0 Å². The lowest BCUT2D eigenvalue weighted by Crippen LogP contribution is -2.74. The van der Waals surface area contributed by atoms with E-state index in [0.29, 0.717) is 23.7 Å². The van der Waals surface area contributed by atoms with Gasteiger partial charge in [0, 0.05) is 51.9 Å². The molecule has 0 aromatic rings. The van der Waals surface area contributed by atoms with Crippen molar-refractivity contribution in [2.75, 3.05) is 28.2 Å². The van der Waals surface area contributed by atoms with Gasteiger partial charge in [-0.3, -0.25) is 20.0 Å². The molecule has 4 bridgehead atoms. The summed E-state index contributed by atoms with van der Waals surface area (Å²) in [5.41, 5.74) is 0.190. The van der Waals surface area contributed by atoms with Crippen molar-refractivity contribution in [1.29, 1.82) is 0 Å². The van der Waals surface area contributed by atoms with Crippen LogP contribution >= 0.6 is 0 Å². The number of aliphatic imine (C=N–C) groups is 4. The summed E-state index contributed by atoms with van der Waals surface area (Å²) in [6, 6.07) is 0. The van der Waals surface area contributed by atoms with E-state index in [9.17, 15) is 0 Å². The Bertz CT molecular complexity index is 1030. The molecule has 0 radical (unpaired) electrons. The fourth-order valence-corrected chi connectivity index (χ4v) is 13.2. The number of hydrogen-bond acceptors (Lipinski definition) is 4. The number of nitrogens with zero attached hydrogens (tertiary/aromatic N) is 6.